The highest BCUT2D eigenvalue weighted by atomic mass is 35.5. The molecule has 174 valence electrons. The van der Waals surface area contributed by atoms with E-state index in [1.807, 2.05) is 47.5 Å². The van der Waals surface area contributed by atoms with Crippen LogP contribution in [0, 0.1) is 0 Å². The summed E-state index contributed by atoms with van der Waals surface area (Å²) in [5, 5.41) is 2.69. The van der Waals surface area contributed by atoms with Crippen molar-refractivity contribution >= 4 is 38.9 Å². The Hall–Kier alpha value is -2.19. The second-order valence-corrected chi connectivity index (χ2v) is 11.7. The molecule has 0 saturated carbocycles. The van der Waals surface area contributed by atoms with E-state index in [9.17, 15) is 13.2 Å². The lowest BCUT2D eigenvalue weighted by Gasteiger charge is -2.29. The van der Waals surface area contributed by atoms with E-state index in [1.54, 1.807) is 35.6 Å². The second kappa shape index (κ2) is 10.4. The first-order valence-electron chi connectivity index (χ1n) is 11.0. The summed E-state index contributed by atoms with van der Waals surface area (Å²) in [6, 6.07) is 17.9. The minimum absolute atomic E-state index is 0.0418. The van der Waals surface area contributed by atoms with Crippen LogP contribution in [0.4, 0.5) is 0 Å². The summed E-state index contributed by atoms with van der Waals surface area (Å²) < 4.78 is 27.2. The van der Waals surface area contributed by atoms with Crippen LogP contribution in [0.15, 0.2) is 70.9 Å². The number of thiophene rings is 1. The molecule has 33 heavy (non-hydrogen) atoms. The van der Waals surface area contributed by atoms with Gasteiger partial charge in [-0.15, -0.1) is 11.3 Å². The van der Waals surface area contributed by atoms with Gasteiger partial charge in [0.2, 0.25) is 10.0 Å². The summed E-state index contributed by atoms with van der Waals surface area (Å²) in [7, 11) is -3.51. The van der Waals surface area contributed by atoms with Gasteiger partial charge in [-0.25, -0.2) is 8.42 Å². The Kier molecular flexibility index (Phi) is 7.54. The van der Waals surface area contributed by atoms with Crippen molar-refractivity contribution in [1.82, 2.24) is 9.21 Å². The number of halogens is 1. The van der Waals surface area contributed by atoms with Gasteiger partial charge in [0.1, 0.15) is 0 Å². The predicted molar refractivity (Wildman–Crippen MR) is 133 cm³/mol. The minimum atomic E-state index is -3.51. The molecule has 0 bridgehead atoms. The molecule has 2 aromatic carbocycles. The fourth-order valence-electron chi connectivity index (χ4n) is 4.06. The number of benzene rings is 2. The Morgan fingerprint density at radius 3 is 2.33 bits per heavy atom. The Balaban J connectivity index is 1.57. The number of hydrogen-bond donors (Lipinski definition) is 0. The van der Waals surface area contributed by atoms with Crippen LogP contribution in [-0.4, -0.2) is 42.7 Å². The highest BCUT2D eigenvalue weighted by Gasteiger charge is 2.28. The van der Waals surface area contributed by atoms with Crippen LogP contribution in [-0.2, 0) is 23.0 Å². The predicted octanol–water partition coefficient (Wildman–Crippen LogP) is 5.46. The van der Waals surface area contributed by atoms with Crippen molar-refractivity contribution in [3.63, 3.8) is 0 Å². The second-order valence-electron chi connectivity index (χ2n) is 8.33. The summed E-state index contributed by atoms with van der Waals surface area (Å²) in [6.45, 7) is 3.59. The molecule has 8 heteroatoms. The molecule has 1 fully saturated rings. The molecule has 1 aliphatic rings. The number of hydrogen-bond acceptors (Lipinski definition) is 4. The van der Waals surface area contributed by atoms with Crippen molar-refractivity contribution in [2.45, 2.75) is 43.7 Å². The maximum atomic E-state index is 13.5. The van der Waals surface area contributed by atoms with Gasteiger partial charge >= 0.3 is 0 Å². The summed E-state index contributed by atoms with van der Waals surface area (Å²) >= 11 is 7.71. The third-order valence-electron chi connectivity index (χ3n) is 5.94. The highest BCUT2D eigenvalue weighted by molar-refractivity contribution is 7.89. The van der Waals surface area contributed by atoms with Crippen molar-refractivity contribution in [2.24, 2.45) is 0 Å². The fraction of sp³-hybridized carbons (Fsp3) is 0.320. The normalized spacial score (nSPS) is 15.5. The lowest BCUT2D eigenvalue weighted by Crippen LogP contribution is -2.39. The summed E-state index contributed by atoms with van der Waals surface area (Å²) in [4.78, 5) is 16.8. The van der Waals surface area contributed by atoms with Crippen LogP contribution in [0.3, 0.4) is 0 Å². The van der Waals surface area contributed by atoms with Crippen LogP contribution in [0.25, 0.3) is 0 Å². The molecule has 5 nitrogen and oxygen atoms in total. The molecule has 1 aliphatic heterocycles. The molecular formula is C25H27ClN2O3S2. The average molecular weight is 503 g/mol. The number of carbonyl (C=O) groups excluding carboxylic acids is 1. The van der Waals surface area contributed by atoms with E-state index in [2.05, 4.69) is 6.07 Å². The van der Waals surface area contributed by atoms with Crippen molar-refractivity contribution in [2.75, 3.05) is 13.1 Å². The smallest absolute Gasteiger partial charge is 0.254 e. The first-order valence-corrected chi connectivity index (χ1v) is 13.7. The molecule has 0 aliphatic carbocycles. The molecule has 1 atom stereocenters. The van der Waals surface area contributed by atoms with E-state index < -0.39 is 10.0 Å². The lowest BCUT2D eigenvalue weighted by atomic mass is 10.1. The zero-order valence-electron chi connectivity index (χ0n) is 18.5. The maximum absolute atomic E-state index is 13.5. The standard InChI is InChI=1S/C25H27ClN2O3S2/c1-19(17-23-5-4-16-32-23)28(18-20-6-10-22(26)11-7-20)25(29)21-8-12-24(13-9-21)33(30,31)27-14-2-3-15-27/h4-13,16,19H,2-3,14-15,17-18H2,1H3. The first kappa shape index (κ1) is 24.0. The van der Waals surface area contributed by atoms with Gasteiger partial charge in [-0.05, 0) is 73.2 Å². The molecule has 0 spiro atoms. The third kappa shape index (κ3) is 5.66. The molecule has 3 aromatic rings. The average Bonchev–Trinajstić information content (AvgIpc) is 3.53. The van der Waals surface area contributed by atoms with Gasteiger partial charge in [-0.3, -0.25) is 4.79 Å². The molecule has 1 saturated heterocycles. The summed E-state index contributed by atoms with van der Waals surface area (Å²) in [6.07, 6.45) is 2.52. The molecule has 0 radical (unpaired) electrons. The van der Waals surface area contributed by atoms with Gasteiger partial charge in [-0.2, -0.15) is 4.31 Å². The van der Waals surface area contributed by atoms with Gasteiger partial charge in [0.25, 0.3) is 5.91 Å². The molecular weight excluding hydrogens is 476 g/mol. The van der Waals surface area contributed by atoms with Crippen LogP contribution in [0.1, 0.15) is 40.6 Å². The van der Waals surface area contributed by atoms with E-state index in [0.29, 0.717) is 30.2 Å². The van der Waals surface area contributed by atoms with Crippen LogP contribution >= 0.6 is 22.9 Å². The molecule has 1 aromatic heterocycles. The van der Waals surface area contributed by atoms with E-state index in [1.165, 1.54) is 9.18 Å². The van der Waals surface area contributed by atoms with Gasteiger partial charge in [-0.1, -0.05) is 29.8 Å². The zero-order chi connectivity index (χ0) is 23.4. The molecule has 1 unspecified atom stereocenters. The minimum Gasteiger partial charge on any atom is -0.331 e. The number of carbonyl (C=O) groups is 1. The number of rotatable bonds is 8. The lowest BCUT2D eigenvalue weighted by molar-refractivity contribution is 0.0676. The fourth-order valence-corrected chi connectivity index (χ4v) is 6.53. The molecule has 0 N–H and O–H groups in total. The van der Waals surface area contributed by atoms with Gasteiger partial charge in [0, 0.05) is 47.6 Å². The van der Waals surface area contributed by atoms with Crippen LogP contribution in [0.2, 0.25) is 5.02 Å². The van der Waals surface area contributed by atoms with E-state index >= 15 is 0 Å². The Morgan fingerprint density at radius 2 is 1.73 bits per heavy atom. The quantitative estimate of drug-likeness (QED) is 0.411. The van der Waals surface area contributed by atoms with Gasteiger partial charge < -0.3 is 4.90 Å². The molecule has 2 heterocycles. The largest absolute Gasteiger partial charge is 0.331 e. The number of amides is 1. The number of sulfonamides is 1. The molecule has 1 amide bonds. The summed E-state index contributed by atoms with van der Waals surface area (Å²) in [5.74, 6) is -0.126. The number of nitrogens with zero attached hydrogens (tertiary/aromatic N) is 2. The maximum Gasteiger partial charge on any atom is 0.254 e. The summed E-state index contributed by atoms with van der Waals surface area (Å²) in [5.41, 5.74) is 1.46. The van der Waals surface area contributed by atoms with Crippen LogP contribution in [0.5, 0.6) is 0 Å². The van der Waals surface area contributed by atoms with Crippen molar-refractivity contribution in [1.29, 1.82) is 0 Å². The molecule has 4 rings (SSSR count). The zero-order valence-corrected chi connectivity index (χ0v) is 20.9. The highest BCUT2D eigenvalue weighted by Crippen LogP contribution is 2.23. The third-order valence-corrected chi connectivity index (χ3v) is 9.00. The Morgan fingerprint density at radius 1 is 1.06 bits per heavy atom. The van der Waals surface area contributed by atoms with Crippen LogP contribution < -0.4 is 0 Å². The van der Waals surface area contributed by atoms with Crippen molar-refractivity contribution in [3.8, 4) is 0 Å². The van der Waals surface area contributed by atoms with Gasteiger partial charge in [0.15, 0.2) is 0 Å². The topological polar surface area (TPSA) is 57.7 Å². The van der Waals surface area contributed by atoms with E-state index in [4.69, 9.17) is 11.6 Å². The SMILES string of the molecule is CC(Cc1cccs1)N(Cc1ccc(Cl)cc1)C(=O)c1ccc(S(=O)(=O)N2CCCC2)cc1. The van der Waals surface area contributed by atoms with E-state index in [0.717, 1.165) is 24.8 Å². The van der Waals surface area contributed by atoms with Crippen molar-refractivity contribution in [3.05, 3.63) is 87.1 Å². The van der Waals surface area contributed by atoms with E-state index in [-0.39, 0.29) is 16.8 Å². The van der Waals surface area contributed by atoms with Gasteiger partial charge in [0.05, 0.1) is 4.90 Å². The Labute approximate surface area is 204 Å². The Bertz CT molecular complexity index is 1170. The first-order chi connectivity index (χ1) is 15.8. The van der Waals surface area contributed by atoms with Crippen molar-refractivity contribution < 1.29 is 13.2 Å². The monoisotopic (exact) mass is 502 g/mol.